The maximum absolute atomic E-state index is 17.3. The minimum absolute atomic E-state index is 0.114. The van der Waals surface area contributed by atoms with E-state index in [2.05, 4.69) is 4.98 Å². The van der Waals surface area contributed by atoms with E-state index in [9.17, 15) is 19.2 Å². The van der Waals surface area contributed by atoms with Gasteiger partial charge in [-0.05, 0) is 30.4 Å². The highest BCUT2D eigenvalue weighted by molar-refractivity contribution is 8.02. The molecule has 36 heavy (non-hydrogen) atoms. The summed E-state index contributed by atoms with van der Waals surface area (Å²) in [4.78, 5) is 52.1. The zero-order valence-electron chi connectivity index (χ0n) is 19.0. The Morgan fingerprint density at radius 1 is 1.08 bits per heavy atom. The lowest BCUT2D eigenvalue weighted by Crippen LogP contribution is -2.54. The van der Waals surface area contributed by atoms with Gasteiger partial charge in [-0.15, -0.1) is 11.8 Å². The first-order valence-corrected chi connectivity index (χ1v) is 12.0. The topological polar surface area (TPSA) is 117 Å². The number of esters is 2. The molecule has 0 saturated carbocycles. The fourth-order valence-corrected chi connectivity index (χ4v) is 5.94. The van der Waals surface area contributed by atoms with E-state index in [4.69, 9.17) is 14.2 Å². The molecule has 2 fully saturated rings. The number of alkyl halides is 1. The third-order valence-corrected chi connectivity index (χ3v) is 7.95. The Kier molecular flexibility index (Phi) is 6.05. The number of nitrogens with zero attached hydrogens (tertiary/aromatic N) is 1. The Morgan fingerprint density at radius 2 is 1.78 bits per heavy atom. The second-order valence-corrected chi connectivity index (χ2v) is 9.83. The van der Waals surface area contributed by atoms with Crippen LogP contribution >= 0.6 is 11.8 Å². The zero-order chi connectivity index (χ0) is 25.5. The summed E-state index contributed by atoms with van der Waals surface area (Å²) in [5.41, 5.74) is -1.55. The average molecular weight is 513 g/mol. The van der Waals surface area contributed by atoms with E-state index in [1.807, 2.05) is 0 Å². The number of H-pyrrole nitrogens is 1. The van der Waals surface area contributed by atoms with Gasteiger partial charge in [0.15, 0.2) is 12.3 Å². The van der Waals surface area contributed by atoms with Crippen molar-refractivity contribution in [1.82, 2.24) is 9.55 Å². The number of aromatic nitrogens is 2. The summed E-state index contributed by atoms with van der Waals surface area (Å²) < 4.78 is 33.7. The van der Waals surface area contributed by atoms with Crippen molar-refractivity contribution in [2.75, 3.05) is 12.9 Å². The zero-order valence-corrected chi connectivity index (χ0v) is 19.8. The number of hydrogen-bond donors (Lipinski definition) is 1. The molecule has 0 amide bonds. The van der Waals surface area contributed by atoms with Crippen LogP contribution in [0.15, 0.2) is 76.4 Å². The van der Waals surface area contributed by atoms with E-state index < -0.39 is 46.1 Å². The van der Waals surface area contributed by atoms with E-state index >= 15 is 4.39 Å². The second-order valence-electron chi connectivity index (χ2n) is 8.37. The molecule has 2 aromatic carbocycles. The van der Waals surface area contributed by atoms with Gasteiger partial charge in [0.2, 0.25) is 0 Å². The highest BCUT2D eigenvalue weighted by Crippen LogP contribution is 2.64. The van der Waals surface area contributed by atoms with Gasteiger partial charge in [0.1, 0.15) is 4.75 Å². The molecule has 0 aliphatic carbocycles. The van der Waals surface area contributed by atoms with Crippen molar-refractivity contribution in [3.63, 3.8) is 0 Å². The number of carbonyl (C=O) groups is 2. The van der Waals surface area contributed by atoms with Crippen LogP contribution in [0.25, 0.3) is 0 Å². The third kappa shape index (κ3) is 3.75. The van der Waals surface area contributed by atoms with Crippen molar-refractivity contribution in [1.29, 1.82) is 0 Å². The van der Waals surface area contributed by atoms with Crippen molar-refractivity contribution in [3.8, 4) is 0 Å². The molecule has 1 N–H and O–H groups in total. The number of methoxy groups -OCH3 is 1. The minimum Gasteiger partial charge on any atom is -0.465 e. The van der Waals surface area contributed by atoms with Gasteiger partial charge in [-0.25, -0.2) is 18.8 Å². The predicted octanol–water partition coefficient (Wildman–Crippen LogP) is 2.78. The number of nitrogens with one attached hydrogen (secondary N) is 1. The number of carbonyl (C=O) groups excluding carboxylic acids is 2. The monoisotopic (exact) mass is 512 g/mol. The molecule has 2 saturated heterocycles. The number of rotatable bonds is 5. The average Bonchev–Trinajstić information content (AvgIpc) is 3.13. The third-order valence-electron chi connectivity index (χ3n) is 6.38. The molecule has 2 aliphatic heterocycles. The van der Waals surface area contributed by atoms with Crippen molar-refractivity contribution in [2.45, 2.75) is 29.4 Å². The summed E-state index contributed by atoms with van der Waals surface area (Å²) in [6.45, 7) is 0. The number of aromatic amines is 1. The Balaban J connectivity index is 1.68. The molecule has 3 aromatic rings. The summed E-state index contributed by atoms with van der Waals surface area (Å²) in [6, 6.07) is 15.0. The van der Waals surface area contributed by atoms with E-state index in [0.717, 1.165) is 10.6 Å². The molecule has 2 aliphatic rings. The lowest BCUT2D eigenvalue weighted by atomic mass is 9.87. The van der Waals surface area contributed by atoms with E-state index in [-0.39, 0.29) is 16.7 Å². The van der Waals surface area contributed by atoms with Crippen molar-refractivity contribution in [2.24, 2.45) is 0 Å². The Bertz CT molecular complexity index is 1440. The molecule has 0 unspecified atom stereocenters. The quantitative estimate of drug-likeness (QED) is 0.519. The van der Waals surface area contributed by atoms with Gasteiger partial charge < -0.3 is 14.2 Å². The molecule has 4 atom stereocenters. The number of hydrogen-bond acceptors (Lipinski definition) is 8. The molecule has 3 heterocycles. The summed E-state index contributed by atoms with van der Waals surface area (Å²) >= 11 is 1.28. The predicted molar refractivity (Wildman–Crippen MR) is 127 cm³/mol. The van der Waals surface area contributed by atoms with Gasteiger partial charge in [-0.1, -0.05) is 36.4 Å². The molecular formula is C25H21FN2O7S. The molecule has 1 aromatic heterocycles. The lowest BCUT2D eigenvalue weighted by Gasteiger charge is -2.44. The van der Waals surface area contributed by atoms with E-state index in [0.29, 0.717) is 12.2 Å². The van der Waals surface area contributed by atoms with Gasteiger partial charge >= 0.3 is 17.6 Å². The fourth-order valence-electron chi connectivity index (χ4n) is 4.61. The minimum atomic E-state index is -2.83. The van der Waals surface area contributed by atoms with Gasteiger partial charge in [-0.3, -0.25) is 14.3 Å². The van der Waals surface area contributed by atoms with Crippen LogP contribution in [0.2, 0.25) is 0 Å². The van der Waals surface area contributed by atoms with Crippen LogP contribution in [-0.2, 0) is 20.1 Å². The standard InChI is InChI=1S/C25H21FN2O7S/c1-33-20(31)16-9-5-6-10-17(16)25(26)21(34-19(30)15-7-3-2-4-8-15)24(12-14-36-24)22(35-25)28-13-11-18(29)27-23(28)32/h2-11,13,21-22H,12,14H2,1H3,(H,27,29,32)/t21-,22+,24+,25+/m0/s1. The van der Waals surface area contributed by atoms with Crippen LogP contribution in [0, 0.1) is 0 Å². The highest BCUT2D eigenvalue weighted by atomic mass is 32.2. The maximum atomic E-state index is 17.3. The van der Waals surface area contributed by atoms with E-state index in [1.54, 1.807) is 18.2 Å². The SMILES string of the molecule is COC(=O)c1ccccc1[C@@]1(F)O[C@@H](n2ccc(=O)[nH]c2=O)[C@@]2(CCS2)[C@@H]1OC(=O)c1ccccc1. The van der Waals surface area contributed by atoms with Crippen molar-refractivity contribution >= 4 is 23.7 Å². The van der Waals surface area contributed by atoms with Crippen LogP contribution in [0.1, 0.15) is 38.9 Å². The smallest absolute Gasteiger partial charge is 0.338 e. The largest absolute Gasteiger partial charge is 0.465 e. The van der Waals surface area contributed by atoms with E-state index in [1.165, 1.54) is 61.5 Å². The Morgan fingerprint density at radius 3 is 2.42 bits per heavy atom. The molecule has 0 radical (unpaired) electrons. The normalized spacial score (nSPS) is 26.8. The molecule has 1 spiro atoms. The summed E-state index contributed by atoms with van der Waals surface area (Å²) in [7, 11) is 1.17. The van der Waals surface area contributed by atoms with Crippen LogP contribution in [0.5, 0.6) is 0 Å². The summed E-state index contributed by atoms with van der Waals surface area (Å²) in [5, 5.41) is 0. The van der Waals surface area contributed by atoms with Gasteiger partial charge in [0, 0.05) is 17.8 Å². The summed E-state index contributed by atoms with van der Waals surface area (Å²) in [6.07, 6.45) is -1.26. The lowest BCUT2D eigenvalue weighted by molar-refractivity contribution is -0.196. The first kappa shape index (κ1) is 24.0. The van der Waals surface area contributed by atoms with Crippen molar-refractivity contribution < 1.29 is 28.2 Å². The number of halogens is 1. The highest BCUT2D eigenvalue weighted by Gasteiger charge is 2.71. The van der Waals surface area contributed by atoms with Gasteiger partial charge in [-0.2, -0.15) is 0 Å². The van der Waals surface area contributed by atoms with Crippen LogP contribution in [0.4, 0.5) is 4.39 Å². The Hall–Kier alpha value is -3.70. The second kappa shape index (κ2) is 9.07. The molecular weight excluding hydrogens is 491 g/mol. The number of ether oxygens (including phenoxy) is 3. The maximum Gasteiger partial charge on any atom is 0.338 e. The summed E-state index contributed by atoms with van der Waals surface area (Å²) in [5.74, 6) is -3.84. The van der Waals surface area contributed by atoms with Crippen LogP contribution < -0.4 is 11.2 Å². The molecule has 186 valence electrons. The first-order chi connectivity index (χ1) is 17.3. The van der Waals surface area contributed by atoms with Crippen LogP contribution in [0.3, 0.4) is 0 Å². The fraction of sp³-hybridized carbons (Fsp3) is 0.280. The molecule has 9 nitrogen and oxygen atoms in total. The first-order valence-electron chi connectivity index (χ1n) is 11.1. The van der Waals surface area contributed by atoms with Crippen molar-refractivity contribution in [3.05, 3.63) is 104 Å². The molecule has 0 bridgehead atoms. The number of thioether (sulfide) groups is 1. The molecule has 5 rings (SSSR count). The van der Waals surface area contributed by atoms with Gasteiger partial charge in [0.25, 0.3) is 11.4 Å². The Labute approximate surface area is 208 Å². The number of benzene rings is 2. The molecule has 11 heteroatoms. The van der Waals surface area contributed by atoms with Gasteiger partial charge in [0.05, 0.1) is 18.2 Å². The van der Waals surface area contributed by atoms with Crippen LogP contribution in [-0.4, -0.2) is 45.2 Å².